The van der Waals surface area contributed by atoms with Crippen LogP contribution in [0.3, 0.4) is 0 Å². The highest BCUT2D eigenvalue weighted by Gasteiger charge is 2.13. The van der Waals surface area contributed by atoms with E-state index in [1.54, 1.807) is 6.20 Å². The van der Waals surface area contributed by atoms with E-state index in [2.05, 4.69) is 58.0 Å². The second kappa shape index (κ2) is 9.25. The van der Waals surface area contributed by atoms with Gasteiger partial charge in [0.2, 0.25) is 0 Å². The van der Waals surface area contributed by atoms with Gasteiger partial charge in [-0.05, 0) is 46.1 Å². The van der Waals surface area contributed by atoms with Gasteiger partial charge in [-0.1, -0.05) is 0 Å². The summed E-state index contributed by atoms with van der Waals surface area (Å²) in [5, 5.41) is 11.3. The lowest BCUT2D eigenvalue weighted by Gasteiger charge is -2.18. The van der Waals surface area contributed by atoms with E-state index in [0.29, 0.717) is 0 Å². The molecule has 0 aromatic carbocycles. The van der Waals surface area contributed by atoms with Crippen LogP contribution in [-0.2, 0) is 20.0 Å². The highest BCUT2D eigenvalue weighted by Crippen LogP contribution is 2.14. The van der Waals surface area contributed by atoms with E-state index >= 15 is 0 Å². The molecule has 0 fully saturated rings. The van der Waals surface area contributed by atoms with Crippen molar-refractivity contribution < 1.29 is 0 Å². The number of nitrogens with zero attached hydrogens (tertiary/aromatic N) is 5. The van der Waals surface area contributed by atoms with Crippen LogP contribution in [0.25, 0.3) is 0 Å². The summed E-state index contributed by atoms with van der Waals surface area (Å²) in [6.45, 7) is 11.0. The van der Waals surface area contributed by atoms with E-state index in [0.717, 1.165) is 44.1 Å². The van der Waals surface area contributed by atoms with Crippen molar-refractivity contribution in [2.45, 2.75) is 53.1 Å². The maximum Gasteiger partial charge on any atom is 0.191 e. The Kier molecular flexibility index (Phi) is 7.03. The van der Waals surface area contributed by atoms with Gasteiger partial charge in [-0.25, -0.2) is 4.98 Å². The average Bonchev–Trinajstić information content (AvgIpc) is 3.16. The highest BCUT2D eigenvalue weighted by molar-refractivity contribution is 5.80. The van der Waals surface area contributed by atoms with E-state index < -0.39 is 0 Å². The molecular formula is C18H31N7. The van der Waals surface area contributed by atoms with Crippen molar-refractivity contribution in [2.24, 2.45) is 12.0 Å². The highest BCUT2D eigenvalue weighted by atomic mass is 15.3. The van der Waals surface area contributed by atoms with Gasteiger partial charge in [0.15, 0.2) is 5.96 Å². The van der Waals surface area contributed by atoms with Gasteiger partial charge in [-0.3, -0.25) is 9.67 Å². The molecule has 1 atom stereocenters. The van der Waals surface area contributed by atoms with Gasteiger partial charge in [0.25, 0.3) is 0 Å². The van der Waals surface area contributed by atoms with Crippen LogP contribution in [0.15, 0.2) is 23.7 Å². The summed E-state index contributed by atoms with van der Waals surface area (Å²) >= 11 is 0. The lowest BCUT2D eigenvalue weighted by atomic mass is 10.1. The molecule has 2 aromatic rings. The molecule has 7 nitrogen and oxygen atoms in total. The van der Waals surface area contributed by atoms with Crippen LogP contribution in [0.4, 0.5) is 0 Å². The SMILES string of the molecule is CCNC(=NCCCn1ccnc1)NC(C)Cc1c(C)nn(C)c1C. The van der Waals surface area contributed by atoms with Crippen LogP contribution >= 0.6 is 0 Å². The quantitative estimate of drug-likeness (QED) is 0.435. The first kappa shape index (κ1) is 19.0. The molecule has 0 aliphatic carbocycles. The van der Waals surface area contributed by atoms with Crippen LogP contribution < -0.4 is 10.6 Å². The fourth-order valence-electron chi connectivity index (χ4n) is 2.89. The van der Waals surface area contributed by atoms with Crippen molar-refractivity contribution in [2.75, 3.05) is 13.1 Å². The van der Waals surface area contributed by atoms with Gasteiger partial charge in [-0.15, -0.1) is 0 Å². The molecule has 0 aliphatic rings. The molecule has 7 heteroatoms. The number of aromatic nitrogens is 4. The third-order valence-corrected chi connectivity index (χ3v) is 4.30. The Morgan fingerprint density at radius 2 is 2.16 bits per heavy atom. The topological polar surface area (TPSA) is 72.1 Å². The van der Waals surface area contributed by atoms with Crippen LogP contribution in [-0.4, -0.2) is 44.4 Å². The van der Waals surface area contributed by atoms with E-state index in [-0.39, 0.29) is 6.04 Å². The van der Waals surface area contributed by atoms with Gasteiger partial charge >= 0.3 is 0 Å². The minimum Gasteiger partial charge on any atom is -0.357 e. The molecule has 0 amide bonds. The summed E-state index contributed by atoms with van der Waals surface area (Å²) in [5.74, 6) is 0.875. The van der Waals surface area contributed by atoms with Crippen molar-refractivity contribution in [1.82, 2.24) is 30.0 Å². The van der Waals surface area contributed by atoms with Crippen LogP contribution in [0.1, 0.15) is 37.2 Å². The standard InChI is InChI=1S/C18H31N7/c1-6-20-18(21-8-7-10-25-11-9-19-13-25)22-14(2)12-17-15(3)23-24(5)16(17)4/h9,11,13-14H,6-8,10,12H2,1-5H3,(H2,20,21,22). The number of hydrogen-bond donors (Lipinski definition) is 2. The number of rotatable bonds is 8. The van der Waals surface area contributed by atoms with Gasteiger partial charge in [-0.2, -0.15) is 5.10 Å². The van der Waals surface area contributed by atoms with Crippen molar-refractivity contribution in [1.29, 1.82) is 0 Å². The van der Waals surface area contributed by atoms with E-state index in [4.69, 9.17) is 0 Å². The number of imidazole rings is 1. The Hall–Kier alpha value is -2.31. The van der Waals surface area contributed by atoms with E-state index in [9.17, 15) is 0 Å². The Bertz CT molecular complexity index is 670. The second-order valence-corrected chi connectivity index (χ2v) is 6.44. The van der Waals surface area contributed by atoms with Crippen molar-refractivity contribution in [3.05, 3.63) is 35.7 Å². The maximum atomic E-state index is 4.68. The normalized spacial score (nSPS) is 13.1. The summed E-state index contributed by atoms with van der Waals surface area (Å²) in [6, 6.07) is 0.285. The average molecular weight is 345 g/mol. The van der Waals surface area contributed by atoms with E-state index in [1.807, 2.05) is 24.3 Å². The predicted octanol–water partition coefficient (Wildman–Crippen LogP) is 1.81. The minimum atomic E-state index is 0.285. The van der Waals surface area contributed by atoms with Crippen LogP contribution in [0, 0.1) is 13.8 Å². The van der Waals surface area contributed by atoms with Crippen molar-refractivity contribution in [3.8, 4) is 0 Å². The Labute approximate surface area is 150 Å². The minimum absolute atomic E-state index is 0.285. The molecule has 25 heavy (non-hydrogen) atoms. The molecule has 2 heterocycles. The van der Waals surface area contributed by atoms with Crippen molar-refractivity contribution in [3.63, 3.8) is 0 Å². The number of aliphatic imine (C=N–C) groups is 1. The summed E-state index contributed by atoms with van der Waals surface area (Å²) < 4.78 is 4.03. The zero-order valence-electron chi connectivity index (χ0n) is 16.1. The molecule has 0 radical (unpaired) electrons. The smallest absolute Gasteiger partial charge is 0.191 e. The Morgan fingerprint density at radius 1 is 1.36 bits per heavy atom. The third kappa shape index (κ3) is 5.62. The number of aryl methyl sites for hydroxylation is 3. The number of hydrogen-bond acceptors (Lipinski definition) is 3. The zero-order chi connectivity index (χ0) is 18.2. The van der Waals surface area contributed by atoms with Gasteiger partial charge in [0, 0.05) is 50.8 Å². The fourth-order valence-corrected chi connectivity index (χ4v) is 2.89. The predicted molar refractivity (Wildman–Crippen MR) is 102 cm³/mol. The molecule has 0 spiro atoms. The number of nitrogens with one attached hydrogen (secondary N) is 2. The van der Waals surface area contributed by atoms with Crippen LogP contribution in [0.5, 0.6) is 0 Å². The molecule has 0 bridgehead atoms. The van der Waals surface area contributed by atoms with Gasteiger partial charge in [0.1, 0.15) is 0 Å². The van der Waals surface area contributed by atoms with E-state index in [1.165, 1.54) is 11.3 Å². The van der Waals surface area contributed by atoms with Gasteiger partial charge < -0.3 is 15.2 Å². The number of guanidine groups is 1. The van der Waals surface area contributed by atoms with Crippen LogP contribution in [0.2, 0.25) is 0 Å². The summed E-state index contributed by atoms with van der Waals surface area (Å²) in [7, 11) is 2.00. The molecule has 1 unspecified atom stereocenters. The first-order chi connectivity index (χ1) is 12.0. The zero-order valence-corrected chi connectivity index (χ0v) is 16.1. The molecule has 2 N–H and O–H groups in total. The molecule has 0 saturated carbocycles. The molecule has 0 saturated heterocycles. The monoisotopic (exact) mass is 345 g/mol. The van der Waals surface area contributed by atoms with Gasteiger partial charge in [0.05, 0.1) is 12.0 Å². The summed E-state index contributed by atoms with van der Waals surface area (Å²) in [6.07, 6.45) is 7.55. The molecule has 2 aromatic heterocycles. The lowest BCUT2D eigenvalue weighted by Crippen LogP contribution is -2.43. The summed E-state index contributed by atoms with van der Waals surface area (Å²) in [4.78, 5) is 8.74. The first-order valence-corrected chi connectivity index (χ1v) is 9.01. The molecule has 0 aliphatic heterocycles. The molecule has 138 valence electrons. The second-order valence-electron chi connectivity index (χ2n) is 6.44. The molecular weight excluding hydrogens is 314 g/mol. The first-order valence-electron chi connectivity index (χ1n) is 9.01. The Balaban J connectivity index is 1.87. The third-order valence-electron chi connectivity index (χ3n) is 4.30. The maximum absolute atomic E-state index is 4.68. The lowest BCUT2D eigenvalue weighted by molar-refractivity contribution is 0.623. The fraction of sp³-hybridized carbons (Fsp3) is 0.611. The van der Waals surface area contributed by atoms with Crippen molar-refractivity contribution >= 4 is 5.96 Å². The largest absolute Gasteiger partial charge is 0.357 e. The summed E-state index contributed by atoms with van der Waals surface area (Å²) in [5.41, 5.74) is 3.66. The molecule has 2 rings (SSSR count). The Morgan fingerprint density at radius 3 is 2.76 bits per heavy atom.